The van der Waals surface area contributed by atoms with Crippen LogP contribution in [0.15, 0.2) is 18.2 Å². The van der Waals surface area contributed by atoms with Crippen molar-refractivity contribution in [2.45, 2.75) is 98.4 Å². The van der Waals surface area contributed by atoms with Crippen LogP contribution in [0.2, 0.25) is 0 Å². The van der Waals surface area contributed by atoms with Gasteiger partial charge in [-0.15, -0.1) is 0 Å². The van der Waals surface area contributed by atoms with Crippen molar-refractivity contribution in [2.24, 2.45) is 5.92 Å². The third kappa shape index (κ3) is 8.82. The van der Waals surface area contributed by atoms with Crippen LogP contribution in [0.1, 0.15) is 84.9 Å². The van der Waals surface area contributed by atoms with Crippen LogP contribution < -0.4 is 10.6 Å². The lowest BCUT2D eigenvalue weighted by Gasteiger charge is -2.33. The lowest BCUT2D eigenvalue weighted by molar-refractivity contribution is -0.139. The first-order valence-corrected chi connectivity index (χ1v) is 12.1. The van der Waals surface area contributed by atoms with Crippen LogP contribution in [0, 0.1) is 25.3 Å². The minimum Gasteiger partial charge on any atom is -0.508 e. The molecule has 0 aromatic heterocycles. The zero-order valence-corrected chi connectivity index (χ0v) is 22.3. The van der Waals surface area contributed by atoms with Crippen molar-refractivity contribution >= 4 is 17.9 Å². The van der Waals surface area contributed by atoms with Gasteiger partial charge in [0.1, 0.15) is 23.4 Å². The van der Waals surface area contributed by atoms with Gasteiger partial charge in [-0.2, -0.15) is 0 Å². The van der Waals surface area contributed by atoms with Crippen LogP contribution in [0.4, 0.5) is 4.79 Å². The molecular weight excluding hydrogens is 446 g/mol. The van der Waals surface area contributed by atoms with Gasteiger partial charge < -0.3 is 20.5 Å². The molecule has 4 unspecified atom stereocenters. The lowest BCUT2D eigenvalue weighted by Crippen LogP contribution is -2.54. The molecule has 8 nitrogen and oxygen atoms in total. The second-order valence-corrected chi connectivity index (χ2v) is 9.99. The van der Waals surface area contributed by atoms with E-state index in [0.29, 0.717) is 17.5 Å². The number of carbonyl (C=O) groups is 3. The molecule has 0 aliphatic rings. The van der Waals surface area contributed by atoms with E-state index in [1.54, 1.807) is 39.8 Å². The monoisotopic (exact) mass is 487 g/mol. The Bertz CT molecular complexity index is 932. The molecule has 0 fully saturated rings. The van der Waals surface area contributed by atoms with Crippen LogP contribution in [0.25, 0.3) is 0 Å². The summed E-state index contributed by atoms with van der Waals surface area (Å²) in [6, 6.07) is 4.73. The molecule has 0 saturated heterocycles. The van der Waals surface area contributed by atoms with Gasteiger partial charge in [-0.1, -0.05) is 46.1 Å². The number of rotatable bonds is 10. The highest BCUT2D eigenvalue weighted by Crippen LogP contribution is 2.28. The largest absolute Gasteiger partial charge is 0.508 e. The van der Waals surface area contributed by atoms with Gasteiger partial charge >= 0.3 is 6.09 Å². The fourth-order valence-corrected chi connectivity index (χ4v) is 3.63. The standard InChI is InChI=1S/C27H41N3O5/c1-10-13-19(6)28-24(32)23(20-14-15-21(31)18(5)16-20)30(12-3)25(33)22(17(4)11-2)29-26(34)35-27(7,8)9/h3,14-17,19,22-23,31H,10-11,13H2,1-2,4-9H3,(H,28,32)(H,29,34). The maximum atomic E-state index is 13.7. The number of benzene rings is 1. The van der Waals surface area contributed by atoms with E-state index in [4.69, 9.17) is 11.2 Å². The molecule has 194 valence electrons. The number of nitrogens with one attached hydrogen (secondary N) is 2. The number of hydrogen-bond acceptors (Lipinski definition) is 5. The van der Waals surface area contributed by atoms with E-state index in [9.17, 15) is 19.5 Å². The Hall–Kier alpha value is -3.21. The molecule has 1 rings (SSSR count). The molecule has 3 N–H and O–H groups in total. The van der Waals surface area contributed by atoms with Crippen molar-refractivity contribution in [1.29, 1.82) is 0 Å². The van der Waals surface area contributed by atoms with Crippen molar-refractivity contribution in [3.63, 3.8) is 0 Å². The third-order valence-electron chi connectivity index (χ3n) is 5.68. The predicted octanol–water partition coefficient (Wildman–Crippen LogP) is 4.41. The highest BCUT2D eigenvalue weighted by atomic mass is 16.6. The number of amides is 3. The minimum atomic E-state index is -1.15. The summed E-state index contributed by atoms with van der Waals surface area (Å²) in [5.74, 6) is -1.26. The first kappa shape index (κ1) is 29.8. The van der Waals surface area contributed by atoms with Gasteiger partial charge in [0.15, 0.2) is 0 Å². The number of alkyl carbamates (subject to hydrolysis) is 1. The summed E-state index contributed by atoms with van der Waals surface area (Å²) < 4.78 is 5.35. The number of ether oxygens (including phenoxy) is 1. The Morgan fingerprint density at radius 1 is 1.17 bits per heavy atom. The summed E-state index contributed by atoms with van der Waals surface area (Å²) in [6.45, 7) is 14.5. The van der Waals surface area contributed by atoms with Crippen molar-refractivity contribution < 1.29 is 24.2 Å². The van der Waals surface area contributed by atoms with Crippen molar-refractivity contribution in [3.05, 3.63) is 29.3 Å². The van der Waals surface area contributed by atoms with Crippen molar-refractivity contribution in [2.75, 3.05) is 0 Å². The van der Waals surface area contributed by atoms with Gasteiger partial charge in [0.05, 0.1) is 0 Å². The number of phenolic OH excluding ortho intramolecular Hbond substituents is 1. The van der Waals surface area contributed by atoms with Crippen LogP contribution in [-0.4, -0.2) is 45.6 Å². The molecule has 35 heavy (non-hydrogen) atoms. The topological polar surface area (TPSA) is 108 Å². The second kappa shape index (κ2) is 13.0. The molecule has 0 aliphatic heterocycles. The second-order valence-electron chi connectivity index (χ2n) is 9.99. The first-order valence-electron chi connectivity index (χ1n) is 12.1. The molecule has 0 saturated carbocycles. The Morgan fingerprint density at radius 3 is 2.29 bits per heavy atom. The van der Waals surface area contributed by atoms with Crippen molar-refractivity contribution in [3.8, 4) is 18.2 Å². The average Bonchev–Trinajstić information content (AvgIpc) is 2.75. The van der Waals surface area contributed by atoms with E-state index >= 15 is 0 Å². The fourth-order valence-electron chi connectivity index (χ4n) is 3.63. The summed E-state index contributed by atoms with van der Waals surface area (Å²) in [4.78, 5) is 40.7. The highest BCUT2D eigenvalue weighted by molar-refractivity contribution is 5.93. The van der Waals surface area contributed by atoms with Gasteiger partial charge in [0, 0.05) is 12.1 Å². The van der Waals surface area contributed by atoms with Crippen LogP contribution in [-0.2, 0) is 14.3 Å². The van der Waals surface area contributed by atoms with Crippen molar-refractivity contribution in [1.82, 2.24) is 15.5 Å². The SMILES string of the molecule is C#CN(C(=O)C(NC(=O)OC(C)(C)C)C(C)CC)C(C(=O)NC(C)CCC)c1ccc(O)c(C)c1. The maximum absolute atomic E-state index is 13.7. The molecule has 4 atom stereocenters. The highest BCUT2D eigenvalue weighted by Gasteiger charge is 2.38. The summed E-state index contributed by atoms with van der Waals surface area (Å²) in [7, 11) is 0. The van der Waals surface area contributed by atoms with Gasteiger partial charge in [-0.25, -0.2) is 4.79 Å². The van der Waals surface area contributed by atoms with Crippen LogP contribution in [0.3, 0.4) is 0 Å². The Balaban J connectivity index is 3.45. The normalized spacial score (nSPS) is 14.6. The first-order chi connectivity index (χ1) is 16.2. The quantitative estimate of drug-likeness (QED) is 0.335. The van der Waals surface area contributed by atoms with E-state index in [0.717, 1.165) is 17.7 Å². The van der Waals surface area contributed by atoms with Gasteiger partial charge in [0.25, 0.3) is 5.91 Å². The number of aromatic hydroxyl groups is 1. The summed E-state index contributed by atoms with van der Waals surface area (Å²) in [6.07, 6.45) is 7.26. The van der Waals surface area contributed by atoms with E-state index in [1.807, 2.05) is 27.7 Å². The fraction of sp³-hybridized carbons (Fsp3) is 0.593. The lowest BCUT2D eigenvalue weighted by atomic mass is 9.95. The molecule has 0 bridgehead atoms. The molecular formula is C27H41N3O5. The summed E-state index contributed by atoms with van der Waals surface area (Å²) in [5, 5.41) is 15.6. The Morgan fingerprint density at radius 2 is 1.80 bits per heavy atom. The van der Waals surface area contributed by atoms with Gasteiger partial charge in [0.2, 0.25) is 5.91 Å². The molecule has 0 spiro atoms. The summed E-state index contributed by atoms with van der Waals surface area (Å²) >= 11 is 0. The third-order valence-corrected chi connectivity index (χ3v) is 5.68. The molecule has 0 heterocycles. The van der Waals surface area contributed by atoms with E-state index in [-0.39, 0.29) is 17.7 Å². The number of phenols is 1. The maximum Gasteiger partial charge on any atom is 0.408 e. The molecule has 0 radical (unpaired) electrons. The minimum absolute atomic E-state index is 0.0647. The number of terminal acetylenes is 1. The zero-order valence-electron chi connectivity index (χ0n) is 22.3. The number of carbonyl (C=O) groups excluding carboxylic acids is 3. The van der Waals surface area contributed by atoms with Crippen LogP contribution >= 0.6 is 0 Å². The average molecular weight is 488 g/mol. The predicted molar refractivity (Wildman–Crippen MR) is 136 cm³/mol. The summed E-state index contributed by atoms with van der Waals surface area (Å²) in [5.41, 5.74) is 0.241. The number of aryl methyl sites for hydroxylation is 1. The van der Waals surface area contributed by atoms with E-state index < -0.39 is 35.6 Å². The van der Waals surface area contributed by atoms with Gasteiger partial charge in [-0.3, -0.25) is 14.5 Å². The molecule has 8 heteroatoms. The molecule has 0 aliphatic carbocycles. The Labute approximate surface area is 209 Å². The smallest absolute Gasteiger partial charge is 0.408 e. The van der Waals surface area contributed by atoms with Crippen LogP contribution in [0.5, 0.6) is 5.75 Å². The number of hydrogen-bond donors (Lipinski definition) is 3. The molecule has 1 aromatic carbocycles. The molecule has 3 amide bonds. The van der Waals surface area contributed by atoms with E-state index in [1.165, 1.54) is 6.07 Å². The van der Waals surface area contributed by atoms with Gasteiger partial charge in [-0.05, 0) is 70.2 Å². The Kier molecular flexibility index (Phi) is 11.1. The van der Waals surface area contributed by atoms with E-state index in [2.05, 4.69) is 16.7 Å². The molecule has 1 aromatic rings. The zero-order chi connectivity index (χ0) is 26.9. The number of nitrogens with zero attached hydrogens (tertiary/aromatic N) is 1.